The predicted molar refractivity (Wildman–Crippen MR) is 88.5 cm³/mol. The van der Waals surface area contributed by atoms with Gasteiger partial charge in [-0.25, -0.2) is 4.98 Å². The molecule has 114 valence electrons. The highest BCUT2D eigenvalue weighted by atomic mass is 15.1. The first-order valence-electron chi connectivity index (χ1n) is 8.10. The van der Waals surface area contributed by atoms with Crippen LogP contribution in [0.1, 0.15) is 50.2 Å². The number of imidazole rings is 1. The minimum absolute atomic E-state index is 0.332. The summed E-state index contributed by atoms with van der Waals surface area (Å²) in [7, 11) is 0. The fourth-order valence-corrected chi connectivity index (χ4v) is 2.70. The summed E-state index contributed by atoms with van der Waals surface area (Å²) in [5.41, 5.74) is 2.74. The predicted octanol–water partition coefficient (Wildman–Crippen LogP) is 3.75. The Morgan fingerprint density at radius 1 is 1.14 bits per heavy atom. The van der Waals surface area contributed by atoms with Crippen LogP contribution in [-0.4, -0.2) is 16.1 Å². The first kappa shape index (κ1) is 15.8. The molecule has 0 aliphatic heterocycles. The first-order chi connectivity index (χ1) is 10.3. The highest BCUT2D eigenvalue weighted by molar-refractivity contribution is 5.25. The molecule has 1 atom stereocenters. The zero-order valence-electron chi connectivity index (χ0n) is 13.5. The van der Waals surface area contributed by atoms with Crippen molar-refractivity contribution >= 4 is 0 Å². The molecular formula is C18H27N3. The minimum Gasteiger partial charge on any atom is -0.335 e. The summed E-state index contributed by atoms with van der Waals surface area (Å²) in [5, 5.41) is 3.59. The molecule has 0 amide bonds. The molecule has 2 rings (SSSR count). The van der Waals surface area contributed by atoms with E-state index in [1.54, 1.807) is 0 Å². The van der Waals surface area contributed by atoms with Crippen LogP contribution >= 0.6 is 0 Å². The Bertz CT molecular complexity index is 528. The van der Waals surface area contributed by atoms with Crippen molar-refractivity contribution in [1.82, 2.24) is 14.9 Å². The van der Waals surface area contributed by atoms with E-state index in [9.17, 15) is 0 Å². The van der Waals surface area contributed by atoms with E-state index >= 15 is 0 Å². The van der Waals surface area contributed by atoms with Crippen molar-refractivity contribution < 1.29 is 0 Å². The third-order valence-corrected chi connectivity index (χ3v) is 3.89. The number of nitrogens with one attached hydrogen (secondary N) is 1. The Morgan fingerprint density at radius 3 is 2.52 bits per heavy atom. The lowest BCUT2D eigenvalue weighted by molar-refractivity contribution is 0.516. The van der Waals surface area contributed by atoms with Crippen molar-refractivity contribution in [2.24, 2.45) is 0 Å². The molecule has 0 bridgehead atoms. The first-order valence-corrected chi connectivity index (χ1v) is 8.10. The molecule has 1 aromatic carbocycles. The number of aromatic nitrogens is 2. The van der Waals surface area contributed by atoms with Crippen LogP contribution in [-0.2, 0) is 19.4 Å². The summed E-state index contributed by atoms with van der Waals surface area (Å²) < 4.78 is 2.27. The van der Waals surface area contributed by atoms with Gasteiger partial charge in [0.05, 0.1) is 0 Å². The van der Waals surface area contributed by atoms with Gasteiger partial charge in [-0.15, -0.1) is 0 Å². The fourth-order valence-electron chi connectivity index (χ4n) is 2.70. The zero-order chi connectivity index (χ0) is 15.1. The Labute approximate surface area is 128 Å². The van der Waals surface area contributed by atoms with Crippen LogP contribution < -0.4 is 5.32 Å². The Morgan fingerprint density at radius 2 is 1.90 bits per heavy atom. The van der Waals surface area contributed by atoms with Gasteiger partial charge in [-0.1, -0.05) is 45.0 Å². The standard InChI is InChI=1S/C18H27N3/c1-4-12-21-13-11-20-18(21)14-17(19-6-3)16-9-7-15(5-2)8-10-16/h7-11,13,17,19H,4-6,12,14H2,1-3H3. The molecule has 0 spiro atoms. The van der Waals surface area contributed by atoms with E-state index in [1.165, 1.54) is 17.0 Å². The molecule has 3 heteroatoms. The Balaban J connectivity index is 2.15. The van der Waals surface area contributed by atoms with Gasteiger partial charge < -0.3 is 9.88 Å². The molecule has 0 saturated heterocycles. The molecule has 0 saturated carbocycles. The molecule has 1 aromatic heterocycles. The van der Waals surface area contributed by atoms with E-state index in [0.717, 1.165) is 32.4 Å². The maximum absolute atomic E-state index is 4.54. The third-order valence-electron chi connectivity index (χ3n) is 3.89. The number of hydrogen-bond donors (Lipinski definition) is 1. The molecule has 2 aromatic rings. The van der Waals surface area contributed by atoms with Gasteiger partial charge in [0.1, 0.15) is 5.82 Å². The van der Waals surface area contributed by atoms with Crippen LogP contribution in [0.25, 0.3) is 0 Å². The molecular weight excluding hydrogens is 258 g/mol. The summed E-state index contributed by atoms with van der Waals surface area (Å²) in [6.45, 7) is 8.57. The molecule has 3 nitrogen and oxygen atoms in total. The highest BCUT2D eigenvalue weighted by Gasteiger charge is 2.14. The molecule has 1 unspecified atom stereocenters. The molecule has 21 heavy (non-hydrogen) atoms. The smallest absolute Gasteiger partial charge is 0.110 e. The lowest BCUT2D eigenvalue weighted by Gasteiger charge is -2.19. The van der Waals surface area contributed by atoms with Crippen molar-refractivity contribution in [1.29, 1.82) is 0 Å². The van der Waals surface area contributed by atoms with E-state index in [1.807, 2.05) is 6.20 Å². The van der Waals surface area contributed by atoms with Crippen LogP contribution in [0.4, 0.5) is 0 Å². The summed E-state index contributed by atoms with van der Waals surface area (Å²) in [4.78, 5) is 4.54. The lowest BCUT2D eigenvalue weighted by atomic mass is 10.0. The normalized spacial score (nSPS) is 12.5. The number of benzene rings is 1. The van der Waals surface area contributed by atoms with Gasteiger partial charge in [-0.2, -0.15) is 0 Å². The van der Waals surface area contributed by atoms with Crippen LogP contribution in [0.3, 0.4) is 0 Å². The molecule has 0 fully saturated rings. The zero-order valence-corrected chi connectivity index (χ0v) is 13.5. The van der Waals surface area contributed by atoms with Crippen LogP contribution in [0.2, 0.25) is 0 Å². The number of aryl methyl sites for hydroxylation is 2. The number of rotatable bonds is 8. The van der Waals surface area contributed by atoms with Crippen LogP contribution in [0.15, 0.2) is 36.7 Å². The summed E-state index contributed by atoms with van der Waals surface area (Å²) >= 11 is 0. The molecule has 1 N–H and O–H groups in total. The number of hydrogen-bond acceptors (Lipinski definition) is 2. The van der Waals surface area contributed by atoms with Crippen molar-refractivity contribution in [3.05, 3.63) is 53.6 Å². The topological polar surface area (TPSA) is 29.9 Å². The number of nitrogens with zero attached hydrogens (tertiary/aromatic N) is 2. The Kier molecular flexibility index (Phi) is 6.00. The monoisotopic (exact) mass is 285 g/mol. The lowest BCUT2D eigenvalue weighted by Crippen LogP contribution is -2.24. The van der Waals surface area contributed by atoms with E-state index in [-0.39, 0.29) is 0 Å². The van der Waals surface area contributed by atoms with Crippen molar-refractivity contribution in [3.8, 4) is 0 Å². The van der Waals surface area contributed by atoms with Gasteiger partial charge in [0.25, 0.3) is 0 Å². The van der Waals surface area contributed by atoms with Gasteiger partial charge in [0.15, 0.2) is 0 Å². The minimum atomic E-state index is 0.332. The van der Waals surface area contributed by atoms with Crippen LogP contribution in [0.5, 0.6) is 0 Å². The summed E-state index contributed by atoms with van der Waals surface area (Å²) in [5.74, 6) is 1.17. The van der Waals surface area contributed by atoms with E-state index in [0.29, 0.717) is 6.04 Å². The quantitative estimate of drug-likeness (QED) is 0.800. The van der Waals surface area contributed by atoms with Gasteiger partial charge in [-0.3, -0.25) is 0 Å². The average molecular weight is 285 g/mol. The third kappa shape index (κ3) is 4.18. The van der Waals surface area contributed by atoms with Gasteiger partial charge in [-0.05, 0) is 30.5 Å². The Hall–Kier alpha value is -1.61. The fraction of sp³-hybridized carbons (Fsp3) is 0.500. The van der Waals surface area contributed by atoms with Crippen molar-refractivity contribution in [2.45, 2.75) is 52.6 Å². The molecule has 0 aliphatic carbocycles. The van der Waals surface area contributed by atoms with E-state index in [2.05, 4.69) is 66.1 Å². The molecule has 0 radical (unpaired) electrons. The maximum atomic E-state index is 4.54. The second-order valence-electron chi connectivity index (χ2n) is 5.45. The van der Waals surface area contributed by atoms with Crippen molar-refractivity contribution in [3.63, 3.8) is 0 Å². The second-order valence-corrected chi connectivity index (χ2v) is 5.45. The van der Waals surface area contributed by atoms with Gasteiger partial charge >= 0.3 is 0 Å². The summed E-state index contributed by atoms with van der Waals surface area (Å²) in [6, 6.07) is 9.30. The molecule has 0 aliphatic rings. The van der Waals surface area contributed by atoms with Gasteiger partial charge in [0.2, 0.25) is 0 Å². The highest BCUT2D eigenvalue weighted by Crippen LogP contribution is 2.19. The van der Waals surface area contributed by atoms with E-state index < -0.39 is 0 Å². The summed E-state index contributed by atoms with van der Waals surface area (Å²) in [6.07, 6.45) is 7.16. The molecule has 1 heterocycles. The van der Waals surface area contributed by atoms with Gasteiger partial charge in [0, 0.05) is 31.4 Å². The van der Waals surface area contributed by atoms with Crippen LogP contribution in [0, 0.1) is 0 Å². The average Bonchev–Trinajstić information content (AvgIpc) is 2.94. The SMILES string of the molecule is CCCn1ccnc1CC(NCC)c1ccc(CC)cc1. The largest absolute Gasteiger partial charge is 0.335 e. The van der Waals surface area contributed by atoms with Crippen molar-refractivity contribution in [2.75, 3.05) is 6.54 Å². The number of likely N-dealkylation sites (N-methyl/N-ethyl adjacent to an activating group) is 1. The maximum Gasteiger partial charge on any atom is 0.110 e. The second kappa shape index (κ2) is 7.99. The van der Waals surface area contributed by atoms with E-state index in [4.69, 9.17) is 0 Å².